The number of aryl methyl sites for hydroxylation is 1. The average molecular weight is 261 g/mol. The van der Waals surface area contributed by atoms with Crippen LogP contribution >= 0.6 is 11.6 Å². The first-order chi connectivity index (χ1) is 8.78. The Labute approximate surface area is 113 Å². The van der Waals surface area contributed by atoms with Gasteiger partial charge in [0.2, 0.25) is 0 Å². The number of alkyl halides is 1. The van der Waals surface area contributed by atoms with Gasteiger partial charge in [0, 0.05) is 24.7 Å². The van der Waals surface area contributed by atoms with Gasteiger partial charge in [0.15, 0.2) is 0 Å². The van der Waals surface area contributed by atoms with Gasteiger partial charge < -0.3 is 5.32 Å². The predicted octanol–water partition coefficient (Wildman–Crippen LogP) is 3.42. The molecule has 0 aliphatic heterocycles. The van der Waals surface area contributed by atoms with Crippen LogP contribution in [0.5, 0.6) is 0 Å². The summed E-state index contributed by atoms with van der Waals surface area (Å²) in [5, 5.41) is 3.39. The summed E-state index contributed by atoms with van der Waals surface area (Å²) in [6.45, 7) is 3.63. The lowest BCUT2D eigenvalue weighted by Crippen LogP contribution is -2.13. The summed E-state index contributed by atoms with van der Waals surface area (Å²) in [4.78, 5) is 4.45. The van der Waals surface area contributed by atoms with Crippen LogP contribution in [0, 0.1) is 6.92 Å². The highest BCUT2D eigenvalue weighted by Gasteiger charge is 1.97. The van der Waals surface area contributed by atoms with Crippen molar-refractivity contribution in [2.45, 2.75) is 25.9 Å². The molecule has 2 rings (SSSR count). The number of pyridine rings is 1. The molecule has 0 saturated heterocycles. The fraction of sp³-hybridized carbons (Fsp3) is 0.267. The first kappa shape index (κ1) is 13.1. The molecule has 0 aliphatic carbocycles. The van der Waals surface area contributed by atoms with E-state index in [0.29, 0.717) is 5.88 Å². The van der Waals surface area contributed by atoms with E-state index in [1.54, 1.807) is 0 Å². The second-order valence-corrected chi connectivity index (χ2v) is 4.59. The van der Waals surface area contributed by atoms with Gasteiger partial charge in [0.25, 0.3) is 0 Å². The molecule has 0 radical (unpaired) electrons. The summed E-state index contributed by atoms with van der Waals surface area (Å²) in [6, 6.07) is 14.4. The predicted molar refractivity (Wildman–Crippen MR) is 75.5 cm³/mol. The SMILES string of the molecule is Cc1cccc(CNCc2cccc(CCl)c2)n1. The molecule has 0 bridgehead atoms. The van der Waals surface area contributed by atoms with Gasteiger partial charge in [-0.15, -0.1) is 11.6 Å². The highest BCUT2D eigenvalue weighted by atomic mass is 35.5. The quantitative estimate of drug-likeness (QED) is 0.834. The summed E-state index contributed by atoms with van der Waals surface area (Å²) >= 11 is 5.82. The van der Waals surface area contributed by atoms with Gasteiger partial charge in [0.1, 0.15) is 0 Å². The maximum absolute atomic E-state index is 5.82. The smallest absolute Gasteiger partial charge is 0.0544 e. The third kappa shape index (κ3) is 3.83. The zero-order chi connectivity index (χ0) is 12.8. The Kier molecular flexibility index (Phi) is 4.73. The van der Waals surface area contributed by atoms with Crippen LogP contribution in [-0.4, -0.2) is 4.98 Å². The first-order valence-electron chi connectivity index (χ1n) is 6.05. The van der Waals surface area contributed by atoms with E-state index >= 15 is 0 Å². The van der Waals surface area contributed by atoms with E-state index < -0.39 is 0 Å². The van der Waals surface area contributed by atoms with E-state index in [9.17, 15) is 0 Å². The fourth-order valence-corrected chi connectivity index (χ4v) is 2.02. The molecule has 0 amide bonds. The monoisotopic (exact) mass is 260 g/mol. The van der Waals surface area contributed by atoms with E-state index in [0.717, 1.165) is 30.0 Å². The van der Waals surface area contributed by atoms with Crippen LogP contribution in [0.25, 0.3) is 0 Å². The van der Waals surface area contributed by atoms with Gasteiger partial charge in [-0.05, 0) is 30.2 Å². The highest BCUT2D eigenvalue weighted by molar-refractivity contribution is 6.17. The van der Waals surface area contributed by atoms with Gasteiger partial charge in [-0.3, -0.25) is 4.98 Å². The molecule has 0 spiro atoms. The number of hydrogen-bond donors (Lipinski definition) is 1. The maximum Gasteiger partial charge on any atom is 0.0544 e. The maximum atomic E-state index is 5.82. The minimum Gasteiger partial charge on any atom is -0.307 e. The molecule has 94 valence electrons. The van der Waals surface area contributed by atoms with Crippen molar-refractivity contribution in [1.29, 1.82) is 0 Å². The Morgan fingerprint density at radius 1 is 1.06 bits per heavy atom. The largest absolute Gasteiger partial charge is 0.307 e. The molecule has 1 heterocycles. The minimum absolute atomic E-state index is 0.563. The van der Waals surface area contributed by atoms with Crippen molar-refractivity contribution in [3.05, 3.63) is 65.0 Å². The summed E-state index contributed by atoms with van der Waals surface area (Å²) in [5.41, 5.74) is 4.53. The van der Waals surface area contributed by atoms with Gasteiger partial charge >= 0.3 is 0 Å². The third-order valence-corrected chi connectivity index (χ3v) is 3.04. The molecule has 1 aromatic carbocycles. The average Bonchev–Trinajstić information content (AvgIpc) is 2.39. The Hall–Kier alpha value is -1.38. The lowest BCUT2D eigenvalue weighted by molar-refractivity contribution is 0.678. The van der Waals surface area contributed by atoms with Crippen molar-refractivity contribution in [2.24, 2.45) is 0 Å². The van der Waals surface area contributed by atoms with Crippen molar-refractivity contribution in [1.82, 2.24) is 10.3 Å². The molecule has 1 aromatic heterocycles. The Morgan fingerprint density at radius 3 is 2.61 bits per heavy atom. The normalized spacial score (nSPS) is 10.6. The van der Waals surface area contributed by atoms with E-state index in [1.165, 1.54) is 5.56 Å². The molecule has 2 nitrogen and oxygen atoms in total. The zero-order valence-corrected chi connectivity index (χ0v) is 11.2. The molecular weight excluding hydrogens is 244 g/mol. The van der Waals surface area contributed by atoms with Gasteiger partial charge in [0.05, 0.1) is 5.69 Å². The van der Waals surface area contributed by atoms with Crippen LogP contribution < -0.4 is 5.32 Å². The number of nitrogens with one attached hydrogen (secondary N) is 1. The topological polar surface area (TPSA) is 24.9 Å². The van der Waals surface area contributed by atoms with Crippen LogP contribution in [0.4, 0.5) is 0 Å². The minimum atomic E-state index is 0.563. The fourth-order valence-electron chi connectivity index (χ4n) is 1.86. The van der Waals surface area contributed by atoms with Crippen LogP contribution in [0.2, 0.25) is 0 Å². The third-order valence-electron chi connectivity index (χ3n) is 2.73. The molecule has 0 aliphatic rings. The number of aromatic nitrogens is 1. The van der Waals surface area contributed by atoms with Gasteiger partial charge in [-0.25, -0.2) is 0 Å². The van der Waals surface area contributed by atoms with E-state index in [1.807, 2.05) is 37.3 Å². The molecular formula is C15H17ClN2. The molecule has 0 fully saturated rings. The highest BCUT2D eigenvalue weighted by Crippen LogP contribution is 2.07. The van der Waals surface area contributed by atoms with Crippen molar-refractivity contribution < 1.29 is 0 Å². The van der Waals surface area contributed by atoms with Crippen molar-refractivity contribution in [3.8, 4) is 0 Å². The van der Waals surface area contributed by atoms with E-state index in [2.05, 4.69) is 22.4 Å². The number of halogens is 1. The molecule has 3 heteroatoms. The molecule has 0 unspecified atom stereocenters. The lowest BCUT2D eigenvalue weighted by atomic mass is 10.1. The summed E-state index contributed by atoms with van der Waals surface area (Å²) in [7, 11) is 0. The molecule has 1 N–H and O–H groups in total. The number of hydrogen-bond acceptors (Lipinski definition) is 2. The zero-order valence-electron chi connectivity index (χ0n) is 10.5. The van der Waals surface area contributed by atoms with Crippen molar-refractivity contribution in [3.63, 3.8) is 0 Å². The second-order valence-electron chi connectivity index (χ2n) is 4.33. The number of benzene rings is 1. The lowest BCUT2D eigenvalue weighted by Gasteiger charge is -2.06. The van der Waals surface area contributed by atoms with Crippen LogP contribution in [-0.2, 0) is 19.0 Å². The van der Waals surface area contributed by atoms with E-state index in [4.69, 9.17) is 11.6 Å². The molecule has 0 atom stereocenters. The molecule has 2 aromatic rings. The van der Waals surface area contributed by atoms with Crippen LogP contribution in [0.15, 0.2) is 42.5 Å². The number of rotatable bonds is 5. The van der Waals surface area contributed by atoms with Gasteiger partial charge in [-0.1, -0.05) is 30.3 Å². The van der Waals surface area contributed by atoms with Crippen LogP contribution in [0.3, 0.4) is 0 Å². The second kappa shape index (κ2) is 6.53. The Morgan fingerprint density at radius 2 is 1.83 bits per heavy atom. The summed E-state index contributed by atoms with van der Waals surface area (Å²) in [6.07, 6.45) is 0. The molecule has 0 saturated carbocycles. The first-order valence-corrected chi connectivity index (χ1v) is 6.58. The standard InChI is InChI=1S/C15H17ClN2/c1-12-4-2-7-15(18-12)11-17-10-14-6-3-5-13(8-14)9-16/h2-8,17H,9-11H2,1H3. The summed E-state index contributed by atoms with van der Waals surface area (Å²) < 4.78 is 0. The summed E-state index contributed by atoms with van der Waals surface area (Å²) in [5.74, 6) is 0.563. The van der Waals surface area contributed by atoms with Crippen molar-refractivity contribution in [2.75, 3.05) is 0 Å². The van der Waals surface area contributed by atoms with Crippen LogP contribution in [0.1, 0.15) is 22.5 Å². The number of nitrogens with zero attached hydrogens (tertiary/aromatic N) is 1. The van der Waals surface area contributed by atoms with Crippen molar-refractivity contribution >= 4 is 11.6 Å². The Balaban J connectivity index is 1.88. The van der Waals surface area contributed by atoms with Gasteiger partial charge in [-0.2, -0.15) is 0 Å². The van der Waals surface area contributed by atoms with E-state index in [-0.39, 0.29) is 0 Å². The Bertz CT molecular complexity index is 511. The molecule has 18 heavy (non-hydrogen) atoms.